The van der Waals surface area contributed by atoms with Crippen LogP contribution in [0.1, 0.15) is 47.5 Å². The van der Waals surface area contributed by atoms with Crippen LogP contribution in [-0.2, 0) is 32.2 Å². The van der Waals surface area contributed by atoms with Crippen molar-refractivity contribution in [2.24, 2.45) is 0 Å². The van der Waals surface area contributed by atoms with Crippen molar-refractivity contribution >= 4 is 14.9 Å². The molecule has 0 bridgehead atoms. The lowest BCUT2D eigenvalue weighted by molar-refractivity contribution is -0.408. The molecule has 180 valence electrons. The Bertz CT molecular complexity index is 419. The van der Waals surface area contributed by atoms with Gasteiger partial charge in [-0.15, -0.1) is 0 Å². The van der Waals surface area contributed by atoms with Crippen LogP contribution in [0.15, 0.2) is 0 Å². The van der Waals surface area contributed by atoms with E-state index >= 15 is 0 Å². The zero-order valence-electron chi connectivity index (χ0n) is 19.4. The SMILES string of the molecule is CCOC(OC)(OCC)C(CCC[Si](OCC)(OCC)OCC)OCCNC(=O)O. The molecule has 0 radical (unpaired) electrons. The molecule has 0 aliphatic carbocycles. The van der Waals surface area contributed by atoms with Gasteiger partial charge in [-0.1, -0.05) is 0 Å². The summed E-state index contributed by atoms with van der Waals surface area (Å²) in [7, 11) is -1.29. The number of carboxylic acid groups (broad SMARTS) is 1. The number of methoxy groups -OCH3 is 1. The Hall–Kier alpha value is -0.793. The van der Waals surface area contributed by atoms with E-state index in [2.05, 4.69) is 5.32 Å². The van der Waals surface area contributed by atoms with Crippen LogP contribution >= 0.6 is 0 Å². The smallest absolute Gasteiger partial charge is 0.465 e. The van der Waals surface area contributed by atoms with Crippen LogP contribution < -0.4 is 5.32 Å². The second kappa shape index (κ2) is 16.8. The predicted octanol–water partition coefficient (Wildman–Crippen LogP) is 2.84. The van der Waals surface area contributed by atoms with E-state index in [9.17, 15) is 4.79 Å². The maximum Gasteiger partial charge on any atom is 0.500 e. The monoisotopic (exact) mass is 455 g/mol. The Morgan fingerprint density at radius 3 is 1.90 bits per heavy atom. The van der Waals surface area contributed by atoms with Gasteiger partial charge in [0.25, 0.3) is 0 Å². The summed E-state index contributed by atoms with van der Waals surface area (Å²) in [5.41, 5.74) is 0. The molecule has 0 saturated heterocycles. The largest absolute Gasteiger partial charge is 0.500 e. The average molecular weight is 456 g/mol. The van der Waals surface area contributed by atoms with Crippen molar-refractivity contribution < 1.29 is 42.1 Å². The van der Waals surface area contributed by atoms with Crippen molar-refractivity contribution in [1.82, 2.24) is 5.32 Å². The van der Waals surface area contributed by atoms with Crippen molar-refractivity contribution in [3.05, 3.63) is 0 Å². The molecule has 0 rings (SSSR count). The highest BCUT2D eigenvalue weighted by molar-refractivity contribution is 6.60. The fourth-order valence-corrected chi connectivity index (χ4v) is 5.75. The molecule has 1 unspecified atom stereocenters. The molecule has 1 atom stereocenters. The van der Waals surface area contributed by atoms with Crippen LogP contribution in [0.5, 0.6) is 0 Å². The molecular formula is C19H41NO9Si. The molecule has 0 fully saturated rings. The normalized spacial score (nSPS) is 13.4. The average Bonchev–Trinajstić information content (AvgIpc) is 2.70. The van der Waals surface area contributed by atoms with Crippen molar-refractivity contribution in [2.75, 3.05) is 53.3 Å². The summed E-state index contributed by atoms with van der Waals surface area (Å²) in [6.07, 6.45) is -0.518. The third-order valence-corrected chi connectivity index (χ3v) is 7.26. The minimum atomic E-state index is -2.79. The molecule has 2 N–H and O–H groups in total. The van der Waals surface area contributed by atoms with Crippen molar-refractivity contribution in [2.45, 2.75) is 65.6 Å². The van der Waals surface area contributed by atoms with Gasteiger partial charge in [-0.3, -0.25) is 0 Å². The highest BCUT2D eigenvalue weighted by Crippen LogP contribution is 2.28. The molecule has 0 heterocycles. The molecule has 0 saturated carbocycles. The summed E-state index contributed by atoms with van der Waals surface area (Å²) in [5, 5.41) is 11.0. The lowest BCUT2D eigenvalue weighted by Crippen LogP contribution is -2.52. The maximum atomic E-state index is 10.7. The summed E-state index contributed by atoms with van der Waals surface area (Å²) in [6.45, 7) is 12.0. The number of hydrogen-bond acceptors (Lipinski definition) is 8. The predicted molar refractivity (Wildman–Crippen MR) is 113 cm³/mol. The van der Waals surface area contributed by atoms with E-state index in [4.69, 9.17) is 37.3 Å². The molecule has 0 aromatic heterocycles. The van der Waals surface area contributed by atoms with Gasteiger partial charge in [-0.25, -0.2) is 4.79 Å². The Labute approximate surface area is 181 Å². The Morgan fingerprint density at radius 1 is 0.967 bits per heavy atom. The number of rotatable bonds is 20. The van der Waals surface area contributed by atoms with E-state index in [1.165, 1.54) is 7.11 Å². The molecule has 0 spiro atoms. The second-order valence-electron chi connectivity index (χ2n) is 6.14. The summed E-state index contributed by atoms with van der Waals surface area (Å²) in [5.74, 6) is -1.39. The first-order valence-corrected chi connectivity index (χ1v) is 12.6. The van der Waals surface area contributed by atoms with Gasteiger partial charge in [0.1, 0.15) is 6.10 Å². The lowest BCUT2D eigenvalue weighted by Gasteiger charge is -2.38. The van der Waals surface area contributed by atoms with E-state index in [0.29, 0.717) is 51.9 Å². The zero-order chi connectivity index (χ0) is 22.9. The van der Waals surface area contributed by atoms with Crippen LogP contribution in [0.4, 0.5) is 4.79 Å². The minimum absolute atomic E-state index is 0.138. The lowest BCUT2D eigenvalue weighted by atomic mass is 10.1. The summed E-state index contributed by atoms with van der Waals surface area (Å²) in [6, 6.07) is 0.605. The fraction of sp³-hybridized carbons (Fsp3) is 0.947. The van der Waals surface area contributed by atoms with Gasteiger partial charge in [-0.2, -0.15) is 0 Å². The van der Waals surface area contributed by atoms with Crippen LogP contribution in [0, 0.1) is 0 Å². The third-order valence-electron chi connectivity index (χ3n) is 4.11. The number of amides is 1. The molecule has 0 aliphatic heterocycles. The van der Waals surface area contributed by atoms with Crippen LogP contribution in [0.25, 0.3) is 0 Å². The van der Waals surface area contributed by atoms with Gasteiger partial charge in [0.15, 0.2) is 0 Å². The van der Waals surface area contributed by atoms with Gasteiger partial charge in [0.2, 0.25) is 0 Å². The number of carbonyl (C=O) groups is 1. The molecular weight excluding hydrogens is 414 g/mol. The number of hydrogen-bond donors (Lipinski definition) is 2. The first-order valence-electron chi connectivity index (χ1n) is 10.7. The molecule has 10 nitrogen and oxygen atoms in total. The van der Waals surface area contributed by atoms with E-state index in [1.807, 2.05) is 34.6 Å². The highest BCUT2D eigenvalue weighted by Gasteiger charge is 2.44. The standard InChI is InChI=1S/C19H41NO9Si/c1-7-25-19(23-6,26-8-2)17(24-15-14-20-18(21)22)13-12-16-30(27-9-3,28-10-4)29-11-5/h17,20H,7-16H2,1-6H3,(H,21,22). The van der Waals surface area contributed by atoms with Crippen LogP contribution in [0.3, 0.4) is 0 Å². The molecule has 11 heteroatoms. The van der Waals surface area contributed by atoms with Gasteiger partial charge < -0.3 is 42.6 Å². The summed E-state index contributed by atoms with van der Waals surface area (Å²) < 4.78 is 40.9. The van der Waals surface area contributed by atoms with Crippen molar-refractivity contribution in [1.29, 1.82) is 0 Å². The van der Waals surface area contributed by atoms with Crippen LogP contribution in [0.2, 0.25) is 6.04 Å². The van der Waals surface area contributed by atoms with Crippen molar-refractivity contribution in [3.8, 4) is 0 Å². The zero-order valence-corrected chi connectivity index (χ0v) is 20.4. The number of ether oxygens (including phenoxy) is 4. The van der Waals surface area contributed by atoms with Gasteiger partial charge >= 0.3 is 20.9 Å². The van der Waals surface area contributed by atoms with E-state index in [-0.39, 0.29) is 13.2 Å². The summed E-state index contributed by atoms with van der Waals surface area (Å²) in [4.78, 5) is 10.7. The molecule has 30 heavy (non-hydrogen) atoms. The maximum absolute atomic E-state index is 10.7. The minimum Gasteiger partial charge on any atom is -0.465 e. The molecule has 0 aromatic carbocycles. The first-order chi connectivity index (χ1) is 14.4. The highest BCUT2D eigenvalue weighted by atomic mass is 28.4. The van der Waals surface area contributed by atoms with E-state index in [0.717, 1.165) is 0 Å². The molecule has 0 aliphatic rings. The van der Waals surface area contributed by atoms with E-state index in [1.54, 1.807) is 0 Å². The second-order valence-corrected chi connectivity index (χ2v) is 8.87. The molecule has 1 amide bonds. The van der Waals surface area contributed by atoms with Crippen LogP contribution in [-0.4, -0.2) is 85.4 Å². The van der Waals surface area contributed by atoms with Gasteiger partial charge in [0, 0.05) is 52.7 Å². The van der Waals surface area contributed by atoms with Crippen molar-refractivity contribution in [3.63, 3.8) is 0 Å². The summed E-state index contributed by atoms with van der Waals surface area (Å²) >= 11 is 0. The fourth-order valence-electron chi connectivity index (χ4n) is 3.11. The molecule has 0 aromatic rings. The topological polar surface area (TPSA) is 114 Å². The first kappa shape index (κ1) is 29.2. The Morgan fingerprint density at radius 2 is 1.50 bits per heavy atom. The van der Waals surface area contributed by atoms with Gasteiger partial charge in [-0.05, 0) is 47.5 Å². The Kier molecular flexibility index (Phi) is 16.4. The van der Waals surface area contributed by atoms with E-state index < -0.39 is 27.0 Å². The number of nitrogens with one attached hydrogen (secondary N) is 1. The third kappa shape index (κ3) is 10.5. The Balaban J connectivity index is 5.30. The quantitative estimate of drug-likeness (QED) is 0.162. The van der Waals surface area contributed by atoms with Gasteiger partial charge in [0.05, 0.1) is 6.61 Å².